The summed E-state index contributed by atoms with van der Waals surface area (Å²) in [5.74, 6) is -0.246. The van der Waals surface area contributed by atoms with Gasteiger partial charge in [-0.25, -0.2) is 13.8 Å². The van der Waals surface area contributed by atoms with E-state index < -0.39 is 5.82 Å². The predicted molar refractivity (Wildman–Crippen MR) is 92.0 cm³/mol. The van der Waals surface area contributed by atoms with Gasteiger partial charge in [-0.3, -0.25) is 10.4 Å². The average molecular weight is 334 g/mol. The summed E-state index contributed by atoms with van der Waals surface area (Å²) in [6.45, 7) is 0. The van der Waals surface area contributed by atoms with Gasteiger partial charge in [-0.05, 0) is 54.6 Å². The lowest BCUT2D eigenvalue weighted by atomic mass is 10.0. The summed E-state index contributed by atoms with van der Waals surface area (Å²) in [4.78, 5) is 8.63. The van der Waals surface area contributed by atoms with Crippen molar-refractivity contribution in [1.82, 2.24) is 10.4 Å². The molecule has 0 amide bonds. The minimum absolute atomic E-state index is 0.349. The number of fused-ring (bicyclic) bond motifs is 1. The fraction of sp³-hybridized carbons (Fsp3) is 0. The molecule has 0 radical (unpaired) electrons. The maximum Gasteiger partial charge on any atom is 0.155 e. The topological polar surface area (TPSA) is 49.6 Å². The van der Waals surface area contributed by atoms with Crippen LogP contribution in [-0.2, 0) is 0 Å². The van der Waals surface area contributed by atoms with Gasteiger partial charge in [0.1, 0.15) is 17.3 Å². The molecule has 0 saturated heterocycles. The second-order valence-electron chi connectivity index (χ2n) is 5.44. The van der Waals surface area contributed by atoms with Crippen molar-refractivity contribution in [3.8, 4) is 0 Å². The first-order valence-electron chi connectivity index (χ1n) is 7.59. The molecule has 6 heteroatoms. The van der Waals surface area contributed by atoms with Crippen LogP contribution in [0.15, 0.2) is 77.1 Å². The maximum atomic E-state index is 13.8. The molecule has 122 valence electrons. The summed E-state index contributed by atoms with van der Waals surface area (Å²) in [7, 11) is 0. The zero-order chi connectivity index (χ0) is 17.2. The van der Waals surface area contributed by atoms with Crippen LogP contribution in [-0.4, -0.2) is 16.5 Å². The van der Waals surface area contributed by atoms with Gasteiger partial charge in [0, 0.05) is 29.1 Å². The Balaban J connectivity index is 1.87. The Labute approximate surface area is 142 Å². The van der Waals surface area contributed by atoms with E-state index in [1.54, 1.807) is 36.7 Å². The standard InChI is InChI=1S/C19H12F2N4/c20-14-5-3-12(4-6-14)18-16-10-15(21)7-8-17(16)23-19(25-24-18)13-2-1-9-22-11-13/h1-11H,(H,23,25). The highest BCUT2D eigenvalue weighted by Gasteiger charge is 2.18. The Morgan fingerprint density at radius 2 is 1.64 bits per heavy atom. The fourth-order valence-electron chi connectivity index (χ4n) is 2.57. The molecule has 1 aliphatic rings. The van der Waals surface area contributed by atoms with Crippen molar-refractivity contribution in [2.24, 2.45) is 10.1 Å². The van der Waals surface area contributed by atoms with Gasteiger partial charge in [0.2, 0.25) is 0 Å². The van der Waals surface area contributed by atoms with Crippen molar-refractivity contribution in [2.75, 3.05) is 0 Å². The third-order valence-electron chi connectivity index (χ3n) is 3.77. The molecule has 0 spiro atoms. The number of rotatable bonds is 2. The lowest BCUT2D eigenvalue weighted by Gasteiger charge is -2.07. The molecular formula is C19H12F2N4. The van der Waals surface area contributed by atoms with Gasteiger partial charge in [-0.15, -0.1) is 0 Å². The lowest BCUT2D eigenvalue weighted by Crippen LogP contribution is -2.19. The Bertz CT molecular complexity index is 980. The molecule has 0 atom stereocenters. The molecule has 0 unspecified atom stereocenters. The number of hydrogen-bond acceptors (Lipinski definition) is 4. The number of aliphatic imine (C=N–C) groups is 1. The average Bonchev–Trinajstić information content (AvgIpc) is 2.83. The number of hydrazone groups is 1. The number of hydrogen-bond donors (Lipinski definition) is 1. The van der Waals surface area contributed by atoms with Gasteiger partial charge in [-0.2, -0.15) is 5.10 Å². The van der Waals surface area contributed by atoms with Crippen molar-refractivity contribution < 1.29 is 8.78 Å². The molecule has 1 N–H and O–H groups in total. The highest BCUT2D eigenvalue weighted by atomic mass is 19.1. The number of nitrogens with one attached hydrogen (secondary N) is 1. The predicted octanol–water partition coefficient (Wildman–Crippen LogP) is 3.79. The summed E-state index contributed by atoms with van der Waals surface area (Å²) in [6, 6.07) is 13.8. The van der Waals surface area contributed by atoms with E-state index in [0.717, 1.165) is 5.56 Å². The minimum atomic E-state index is -0.395. The molecule has 0 saturated carbocycles. The highest BCUT2D eigenvalue weighted by molar-refractivity contribution is 6.17. The second kappa shape index (κ2) is 6.24. The van der Waals surface area contributed by atoms with E-state index in [9.17, 15) is 8.78 Å². The van der Waals surface area contributed by atoms with Crippen molar-refractivity contribution >= 4 is 17.2 Å². The summed E-state index contributed by atoms with van der Waals surface area (Å²) < 4.78 is 27.0. The van der Waals surface area contributed by atoms with Gasteiger partial charge >= 0.3 is 0 Å². The summed E-state index contributed by atoms with van der Waals surface area (Å²) in [5, 5.41) is 4.38. The largest absolute Gasteiger partial charge is 0.264 e. The van der Waals surface area contributed by atoms with Crippen molar-refractivity contribution in [3.63, 3.8) is 0 Å². The van der Waals surface area contributed by atoms with Crippen molar-refractivity contribution in [2.45, 2.75) is 0 Å². The van der Waals surface area contributed by atoms with Crippen LogP contribution in [0.1, 0.15) is 16.7 Å². The fourth-order valence-corrected chi connectivity index (χ4v) is 2.57. The van der Waals surface area contributed by atoms with E-state index in [0.29, 0.717) is 28.4 Å². The number of nitrogens with zero attached hydrogens (tertiary/aromatic N) is 3. The molecule has 2 aromatic carbocycles. The number of aromatic nitrogens is 1. The van der Waals surface area contributed by atoms with Gasteiger partial charge < -0.3 is 0 Å². The van der Waals surface area contributed by atoms with E-state index in [1.165, 1.54) is 24.3 Å². The van der Waals surface area contributed by atoms with Crippen LogP contribution < -0.4 is 5.43 Å². The van der Waals surface area contributed by atoms with Crippen LogP contribution in [0.25, 0.3) is 0 Å². The van der Waals surface area contributed by atoms with E-state index in [4.69, 9.17) is 0 Å². The zero-order valence-corrected chi connectivity index (χ0v) is 12.9. The first-order chi connectivity index (χ1) is 12.2. The monoisotopic (exact) mass is 334 g/mol. The SMILES string of the molecule is Fc1ccc(C2=NNC(c3cccnc3)=Nc3ccc(F)cc32)cc1. The quantitative estimate of drug-likeness (QED) is 0.775. The Kier molecular flexibility index (Phi) is 3.78. The first-order valence-corrected chi connectivity index (χ1v) is 7.59. The number of amidine groups is 1. The van der Waals surface area contributed by atoms with E-state index in [1.807, 2.05) is 6.07 Å². The van der Waals surface area contributed by atoms with Gasteiger partial charge in [-0.1, -0.05) is 0 Å². The summed E-state index contributed by atoms with van der Waals surface area (Å²) >= 11 is 0. The molecule has 4 rings (SSSR count). The van der Waals surface area contributed by atoms with Crippen molar-refractivity contribution in [1.29, 1.82) is 0 Å². The van der Waals surface area contributed by atoms with Crippen LogP contribution >= 0.6 is 0 Å². The van der Waals surface area contributed by atoms with Crippen LogP contribution in [0, 0.1) is 11.6 Å². The number of benzene rings is 2. The summed E-state index contributed by atoms with van der Waals surface area (Å²) in [6.07, 6.45) is 3.32. The molecule has 25 heavy (non-hydrogen) atoms. The molecular weight excluding hydrogens is 322 g/mol. The third-order valence-corrected chi connectivity index (χ3v) is 3.77. The highest BCUT2D eigenvalue weighted by Crippen LogP contribution is 2.26. The zero-order valence-electron chi connectivity index (χ0n) is 12.9. The Hall–Kier alpha value is -3.41. The molecule has 0 fully saturated rings. The Morgan fingerprint density at radius 3 is 2.40 bits per heavy atom. The molecule has 1 aliphatic heterocycles. The van der Waals surface area contributed by atoms with E-state index >= 15 is 0 Å². The molecule has 0 aliphatic carbocycles. The summed E-state index contributed by atoms with van der Waals surface area (Å²) in [5.41, 5.74) is 5.89. The minimum Gasteiger partial charge on any atom is -0.264 e. The van der Waals surface area contributed by atoms with Gasteiger partial charge in [0.05, 0.1) is 5.69 Å². The van der Waals surface area contributed by atoms with Crippen LogP contribution in [0.5, 0.6) is 0 Å². The van der Waals surface area contributed by atoms with Gasteiger partial charge in [0.25, 0.3) is 0 Å². The first kappa shape index (κ1) is 15.1. The smallest absolute Gasteiger partial charge is 0.155 e. The molecule has 3 aromatic rings. The second-order valence-corrected chi connectivity index (χ2v) is 5.44. The maximum absolute atomic E-state index is 13.8. The number of halogens is 2. The number of pyridine rings is 1. The molecule has 2 heterocycles. The van der Waals surface area contributed by atoms with Crippen LogP contribution in [0.3, 0.4) is 0 Å². The molecule has 0 bridgehead atoms. The third kappa shape index (κ3) is 3.01. The van der Waals surface area contributed by atoms with E-state index in [-0.39, 0.29) is 5.82 Å². The normalized spacial score (nSPS) is 13.2. The Morgan fingerprint density at radius 1 is 0.840 bits per heavy atom. The molecule has 4 nitrogen and oxygen atoms in total. The van der Waals surface area contributed by atoms with Crippen LogP contribution in [0.2, 0.25) is 0 Å². The van der Waals surface area contributed by atoms with Gasteiger partial charge in [0.15, 0.2) is 5.84 Å². The van der Waals surface area contributed by atoms with Crippen LogP contribution in [0.4, 0.5) is 14.5 Å². The molecule has 1 aromatic heterocycles. The van der Waals surface area contributed by atoms with Crippen molar-refractivity contribution in [3.05, 3.63) is 95.3 Å². The lowest BCUT2D eigenvalue weighted by molar-refractivity contribution is 0.627. The van der Waals surface area contributed by atoms with E-state index in [2.05, 4.69) is 20.5 Å².